The summed E-state index contributed by atoms with van der Waals surface area (Å²) in [6, 6.07) is 0.147. The van der Waals surface area contributed by atoms with Gasteiger partial charge < -0.3 is 10.4 Å². The Bertz CT molecular complexity index is 275. The lowest BCUT2D eigenvalue weighted by Gasteiger charge is -2.35. The van der Waals surface area contributed by atoms with Gasteiger partial charge in [0.1, 0.15) is 6.04 Å². The van der Waals surface area contributed by atoms with Crippen LogP contribution in [-0.4, -0.2) is 47.7 Å². The number of aliphatic hydroxyl groups is 1. The first kappa shape index (κ1) is 13.8. The molecule has 0 aromatic rings. The number of carbonyl (C=O) groups is 1. The Morgan fingerprint density at radius 3 is 2.56 bits per heavy atom. The Labute approximate surface area is 110 Å². The van der Waals surface area contributed by atoms with Crippen molar-refractivity contribution < 1.29 is 9.90 Å². The van der Waals surface area contributed by atoms with E-state index in [0.29, 0.717) is 12.0 Å². The number of carbonyl (C=O) groups excluding carboxylic acids is 1. The van der Waals surface area contributed by atoms with E-state index in [1.54, 1.807) is 0 Å². The van der Waals surface area contributed by atoms with Gasteiger partial charge in [-0.25, -0.2) is 0 Å². The molecule has 2 aliphatic rings. The highest BCUT2D eigenvalue weighted by Crippen LogP contribution is 2.25. The third kappa shape index (κ3) is 3.23. The summed E-state index contributed by atoms with van der Waals surface area (Å²) in [6.45, 7) is 3.77. The number of aliphatic hydroxyl groups excluding tert-OH is 1. The van der Waals surface area contributed by atoms with Crippen LogP contribution in [0.25, 0.3) is 0 Å². The summed E-state index contributed by atoms with van der Waals surface area (Å²) in [6.07, 6.45) is 7.50. The minimum absolute atomic E-state index is 0.00565. The van der Waals surface area contributed by atoms with E-state index in [9.17, 15) is 9.90 Å². The average Bonchev–Trinajstić information content (AvgIpc) is 2.70. The van der Waals surface area contributed by atoms with E-state index in [-0.39, 0.29) is 18.6 Å². The van der Waals surface area contributed by atoms with Crippen molar-refractivity contribution in [3.8, 4) is 0 Å². The van der Waals surface area contributed by atoms with Crippen LogP contribution in [0.5, 0.6) is 0 Å². The van der Waals surface area contributed by atoms with E-state index in [1.807, 2.05) is 0 Å². The van der Waals surface area contributed by atoms with Gasteiger partial charge in [-0.1, -0.05) is 32.6 Å². The van der Waals surface area contributed by atoms with Crippen molar-refractivity contribution >= 4 is 5.91 Å². The second kappa shape index (κ2) is 6.53. The van der Waals surface area contributed by atoms with Gasteiger partial charge in [0.15, 0.2) is 0 Å². The van der Waals surface area contributed by atoms with Crippen LogP contribution in [0.2, 0.25) is 0 Å². The highest BCUT2D eigenvalue weighted by Gasteiger charge is 2.34. The predicted octanol–water partition coefficient (Wildman–Crippen LogP) is 1.14. The fraction of sp³-hybridized carbons (Fsp3) is 0.929. The zero-order chi connectivity index (χ0) is 13.0. The Morgan fingerprint density at radius 2 is 1.94 bits per heavy atom. The summed E-state index contributed by atoms with van der Waals surface area (Å²) in [5.41, 5.74) is 0. The molecule has 2 fully saturated rings. The SMILES string of the molecule is CC1CNC(=O)C(CO)N(C2CCCCCC2)C1. The molecular formula is C14H26N2O2. The molecule has 4 heteroatoms. The fourth-order valence-electron chi connectivity index (χ4n) is 3.28. The molecule has 4 nitrogen and oxygen atoms in total. The second-order valence-corrected chi connectivity index (χ2v) is 5.89. The minimum Gasteiger partial charge on any atom is -0.394 e. The third-order valence-electron chi connectivity index (χ3n) is 4.32. The highest BCUT2D eigenvalue weighted by molar-refractivity contribution is 5.82. The summed E-state index contributed by atoms with van der Waals surface area (Å²) in [4.78, 5) is 14.3. The predicted molar refractivity (Wildman–Crippen MR) is 71.2 cm³/mol. The molecule has 1 amide bonds. The fourth-order valence-corrected chi connectivity index (χ4v) is 3.28. The summed E-state index contributed by atoms with van der Waals surface area (Å²) in [7, 11) is 0. The van der Waals surface area contributed by atoms with Gasteiger partial charge in [-0.15, -0.1) is 0 Å². The number of amides is 1. The monoisotopic (exact) mass is 254 g/mol. The Hall–Kier alpha value is -0.610. The molecule has 0 radical (unpaired) electrons. The molecule has 1 saturated carbocycles. The maximum atomic E-state index is 12.0. The number of nitrogens with one attached hydrogen (secondary N) is 1. The van der Waals surface area contributed by atoms with Crippen molar-refractivity contribution in [1.82, 2.24) is 10.2 Å². The Balaban J connectivity index is 2.11. The molecule has 18 heavy (non-hydrogen) atoms. The zero-order valence-electron chi connectivity index (χ0n) is 11.4. The van der Waals surface area contributed by atoms with Gasteiger partial charge in [0.25, 0.3) is 0 Å². The van der Waals surface area contributed by atoms with E-state index in [0.717, 1.165) is 13.1 Å². The third-order valence-corrected chi connectivity index (χ3v) is 4.32. The van der Waals surface area contributed by atoms with Gasteiger partial charge in [0, 0.05) is 19.1 Å². The van der Waals surface area contributed by atoms with E-state index >= 15 is 0 Å². The quantitative estimate of drug-likeness (QED) is 0.727. The van der Waals surface area contributed by atoms with Crippen LogP contribution in [0.3, 0.4) is 0 Å². The second-order valence-electron chi connectivity index (χ2n) is 5.89. The largest absolute Gasteiger partial charge is 0.394 e. The maximum absolute atomic E-state index is 12.0. The molecule has 1 saturated heterocycles. The zero-order valence-corrected chi connectivity index (χ0v) is 11.4. The van der Waals surface area contributed by atoms with E-state index in [1.165, 1.54) is 38.5 Å². The molecule has 0 aromatic heterocycles. The van der Waals surface area contributed by atoms with Crippen LogP contribution in [-0.2, 0) is 4.79 Å². The van der Waals surface area contributed by atoms with Gasteiger partial charge >= 0.3 is 0 Å². The standard InChI is InChI=1S/C14H26N2O2/c1-11-8-15-14(18)13(10-17)16(9-11)12-6-4-2-3-5-7-12/h11-13,17H,2-10H2,1H3,(H,15,18). The summed E-state index contributed by atoms with van der Waals surface area (Å²) in [5, 5.41) is 12.5. The lowest BCUT2D eigenvalue weighted by atomic mass is 10.0. The summed E-state index contributed by atoms with van der Waals surface area (Å²) >= 11 is 0. The van der Waals surface area contributed by atoms with Crippen LogP contribution in [0.15, 0.2) is 0 Å². The molecule has 2 N–H and O–H groups in total. The van der Waals surface area contributed by atoms with Crippen molar-refractivity contribution in [2.45, 2.75) is 57.5 Å². The van der Waals surface area contributed by atoms with Gasteiger partial charge in [-0.05, 0) is 18.8 Å². The van der Waals surface area contributed by atoms with Crippen molar-refractivity contribution in [2.75, 3.05) is 19.7 Å². The van der Waals surface area contributed by atoms with E-state index in [2.05, 4.69) is 17.1 Å². The minimum atomic E-state index is -0.335. The molecule has 2 rings (SSSR count). The van der Waals surface area contributed by atoms with E-state index in [4.69, 9.17) is 0 Å². The van der Waals surface area contributed by atoms with Crippen molar-refractivity contribution in [1.29, 1.82) is 0 Å². The van der Waals surface area contributed by atoms with Gasteiger partial charge in [0.2, 0.25) is 5.91 Å². The first-order valence-corrected chi connectivity index (χ1v) is 7.36. The van der Waals surface area contributed by atoms with Crippen molar-refractivity contribution in [2.24, 2.45) is 5.92 Å². The molecule has 2 unspecified atom stereocenters. The number of nitrogens with zero attached hydrogens (tertiary/aromatic N) is 1. The van der Waals surface area contributed by atoms with Crippen LogP contribution in [0.4, 0.5) is 0 Å². The lowest BCUT2D eigenvalue weighted by molar-refractivity contribution is -0.127. The van der Waals surface area contributed by atoms with E-state index < -0.39 is 0 Å². The summed E-state index contributed by atoms with van der Waals surface area (Å²) < 4.78 is 0. The molecule has 1 aliphatic heterocycles. The van der Waals surface area contributed by atoms with Gasteiger partial charge in [-0.3, -0.25) is 9.69 Å². The number of rotatable bonds is 2. The van der Waals surface area contributed by atoms with Crippen LogP contribution < -0.4 is 5.32 Å². The number of hydrogen-bond acceptors (Lipinski definition) is 3. The molecule has 104 valence electrons. The Kier molecular flexibility index (Phi) is 5.01. The van der Waals surface area contributed by atoms with Crippen molar-refractivity contribution in [3.05, 3.63) is 0 Å². The topological polar surface area (TPSA) is 52.6 Å². The number of hydrogen-bond donors (Lipinski definition) is 2. The molecule has 2 atom stereocenters. The average molecular weight is 254 g/mol. The molecule has 1 aliphatic carbocycles. The first-order valence-electron chi connectivity index (χ1n) is 7.36. The molecular weight excluding hydrogens is 228 g/mol. The van der Waals surface area contributed by atoms with Crippen LogP contribution >= 0.6 is 0 Å². The van der Waals surface area contributed by atoms with Crippen LogP contribution in [0, 0.1) is 5.92 Å². The van der Waals surface area contributed by atoms with Crippen LogP contribution in [0.1, 0.15) is 45.4 Å². The smallest absolute Gasteiger partial charge is 0.239 e. The van der Waals surface area contributed by atoms with Crippen molar-refractivity contribution in [3.63, 3.8) is 0 Å². The molecule has 1 heterocycles. The Morgan fingerprint density at radius 1 is 1.28 bits per heavy atom. The van der Waals surface area contributed by atoms with Gasteiger partial charge in [-0.2, -0.15) is 0 Å². The lowest BCUT2D eigenvalue weighted by Crippen LogP contribution is -2.51. The molecule has 0 spiro atoms. The normalized spacial score (nSPS) is 32.7. The first-order chi connectivity index (χ1) is 8.72. The van der Waals surface area contributed by atoms with Gasteiger partial charge in [0.05, 0.1) is 6.61 Å². The molecule has 0 aromatic carbocycles. The molecule has 0 bridgehead atoms. The summed E-state index contributed by atoms with van der Waals surface area (Å²) in [5.74, 6) is 0.472. The highest BCUT2D eigenvalue weighted by atomic mass is 16.3. The maximum Gasteiger partial charge on any atom is 0.239 e.